The molecule has 1 saturated heterocycles. The van der Waals surface area contributed by atoms with Crippen LogP contribution < -0.4 is 5.73 Å². The Hall–Kier alpha value is -1.64. The average Bonchev–Trinajstić information content (AvgIpc) is 3.59. The number of allylic oxidation sites excluding steroid dienone is 12. The lowest BCUT2D eigenvalue weighted by Gasteiger charge is -2.61. The molecule has 2 nitrogen and oxygen atoms in total. The highest BCUT2D eigenvalue weighted by Gasteiger charge is 2.68. The fourth-order valence-electron chi connectivity index (χ4n) is 19.6. The normalized spacial score (nSPS) is 52.1. The number of hydrogen-bond donors (Lipinski definition) is 1. The molecule has 0 aromatic heterocycles. The number of ether oxygens (including phenoxy) is 1. The first-order valence-corrected chi connectivity index (χ1v) is 26.1. The van der Waals surface area contributed by atoms with Gasteiger partial charge in [-0.2, -0.15) is 0 Å². The molecule has 12 aliphatic rings. The van der Waals surface area contributed by atoms with Crippen molar-refractivity contribution in [3.8, 4) is 0 Å². The molecule has 0 aromatic carbocycles. The Bertz CT molecular complexity index is 1740. The molecule has 314 valence electrons. The van der Waals surface area contributed by atoms with E-state index in [1.54, 1.807) is 0 Å². The third-order valence-corrected chi connectivity index (χ3v) is 21.1. The predicted molar refractivity (Wildman–Crippen MR) is 238 cm³/mol. The van der Waals surface area contributed by atoms with Crippen LogP contribution in [0.15, 0.2) is 70.9 Å². The van der Waals surface area contributed by atoms with Crippen molar-refractivity contribution in [3.05, 3.63) is 70.9 Å². The topological polar surface area (TPSA) is 35.2 Å². The van der Waals surface area contributed by atoms with Gasteiger partial charge in [0.1, 0.15) is 0 Å². The van der Waals surface area contributed by atoms with Crippen molar-refractivity contribution in [1.82, 2.24) is 0 Å². The largest absolute Gasteiger partial charge is 0.375 e. The van der Waals surface area contributed by atoms with Gasteiger partial charge in [-0.3, -0.25) is 0 Å². The van der Waals surface area contributed by atoms with E-state index in [-0.39, 0.29) is 0 Å². The van der Waals surface area contributed by atoms with E-state index in [0.29, 0.717) is 30.1 Å². The molecule has 0 amide bonds. The van der Waals surface area contributed by atoms with Gasteiger partial charge < -0.3 is 10.5 Å². The Kier molecular flexibility index (Phi) is 10.1. The quantitative estimate of drug-likeness (QED) is 0.288. The van der Waals surface area contributed by atoms with Crippen LogP contribution in [0.2, 0.25) is 0 Å². The van der Waals surface area contributed by atoms with Gasteiger partial charge in [-0.25, -0.2) is 0 Å². The third-order valence-electron chi connectivity index (χ3n) is 21.1. The Morgan fingerprint density at radius 1 is 0.603 bits per heavy atom. The van der Waals surface area contributed by atoms with Crippen molar-refractivity contribution in [2.45, 2.75) is 167 Å². The molecule has 18 unspecified atom stereocenters. The summed E-state index contributed by atoms with van der Waals surface area (Å²) in [7, 11) is 0. The molecule has 0 bridgehead atoms. The van der Waals surface area contributed by atoms with Gasteiger partial charge in [-0.1, -0.05) is 105 Å². The van der Waals surface area contributed by atoms with Crippen molar-refractivity contribution >= 4 is 0 Å². The molecule has 6 fully saturated rings. The van der Waals surface area contributed by atoms with Crippen molar-refractivity contribution in [3.63, 3.8) is 0 Å². The number of fused-ring (bicyclic) bond motifs is 8. The van der Waals surface area contributed by atoms with E-state index in [1.165, 1.54) is 128 Å². The maximum atomic E-state index is 7.22. The third kappa shape index (κ3) is 5.94. The van der Waals surface area contributed by atoms with Crippen molar-refractivity contribution in [2.24, 2.45) is 112 Å². The molecule has 1 heterocycles. The highest BCUT2D eigenvalue weighted by atomic mass is 16.5. The van der Waals surface area contributed by atoms with Gasteiger partial charge in [0.25, 0.3) is 0 Å². The van der Waals surface area contributed by atoms with Crippen molar-refractivity contribution in [2.75, 3.05) is 0 Å². The fraction of sp³-hybridized carbons (Fsp3) is 0.786. The van der Waals surface area contributed by atoms with Crippen LogP contribution in [-0.4, -0.2) is 18.2 Å². The highest BCUT2D eigenvalue weighted by molar-refractivity contribution is 5.53. The summed E-state index contributed by atoms with van der Waals surface area (Å²) in [5.41, 5.74) is 14.4. The lowest BCUT2D eigenvalue weighted by molar-refractivity contribution is -0.139. The molecule has 5 saturated carbocycles. The Labute approximate surface area is 353 Å². The monoisotopic (exact) mass is 782 g/mol. The van der Waals surface area contributed by atoms with Crippen LogP contribution in [0.1, 0.15) is 149 Å². The molecule has 20 atom stereocenters. The lowest BCUT2D eigenvalue weighted by Crippen LogP contribution is -2.55. The van der Waals surface area contributed by atoms with E-state index in [4.69, 9.17) is 10.5 Å². The van der Waals surface area contributed by atoms with Gasteiger partial charge >= 0.3 is 0 Å². The summed E-state index contributed by atoms with van der Waals surface area (Å²) in [5.74, 6) is 15.1. The summed E-state index contributed by atoms with van der Waals surface area (Å²) in [6, 6.07) is 0.389. The second-order valence-electron chi connectivity index (χ2n) is 23.3. The van der Waals surface area contributed by atoms with Crippen LogP contribution in [0.25, 0.3) is 0 Å². The maximum absolute atomic E-state index is 7.22. The van der Waals surface area contributed by atoms with Gasteiger partial charge in [-0.05, 0) is 215 Å². The number of nitrogens with two attached hydrogens (primary N) is 1. The van der Waals surface area contributed by atoms with E-state index in [0.717, 1.165) is 101 Å². The summed E-state index contributed by atoms with van der Waals surface area (Å²) in [6.45, 7) is 5.16. The van der Waals surface area contributed by atoms with E-state index >= 15 is 0 Å². The van der Waals surface area contributed by atoms with E-state index in [2.05, 4.69) is 62.5 Å². The van der Waals surface area contributed by atoms with Gasteiger partial charge in [-0.15, -0.1) is 0 Å². The molecular formula is C56H79NO. The smallest absolute Gasteiger partial charge is 0.0610 e. The summed E-state index contributed by atoms with van der Waals surface area (Å²) in [6.07, 6.45) is 51.4. The van der Waals surface area contributed by atoms with Crippen LogP contribution in [0, 0.1) is 107 Å². The van der Waals surface area contributed by atoms with Crippen LogP contribution in [0.3, 0.4) is 0 Å². The Balaban J connectivity index is 0.936. The molecule has 12 rings (SSSR count). The molecule has 58 heavy (non-hydrogen) atoms. The minimum atomic E-state index is 0.367. The van der Waals surface area contributed by atoms with Gasteiger partial charge in [0, 0.05) is 12.0 Å². The summed E-state index contributed by atoms with van der Waals surface area (Å²) in [4.78, 5) is 0. The van der Waals surface area contributed by atoms with Gasteiger partial charge in [0.15, 0.2) is 0 Å². The van der Waals surface area contributed by atoms with E-state index < -0.39 is 0 Å². The highest BCUT2D eigenvalue weighted by Crippen LogP contribution is 2.74. The van der Waals surface area contributed by atoms with Crippen LogP contribution >= 0.6 is 0 Å². The zero-order chi connectivity index (χ0) is 38.6. The zero-order valence-corrected chi connectivity index (χ0v) is 36.6. The molecule has 2 heteroatoms. The summed E-state index contributed by atoms with van der Waals surface area (Å²) >= 11 is 0. The van der Waals surface area contributed by atoms with Crippen LogP contribution in [0.4, 0.5) is 0 Å². The molecule has 0 aromatic rings. The first kappa shape index (κ1) is 38.1. The number of hydrogen-bond acceptors (Lipinski definition) is 2. The van der Waals surface area contributed by atoms with Gasteiger partial charge in [0.05, 0.1) is 12.2 Å². The molecule has 11 aliphatic carbocycles. The fourth-order valence-corrected chi connectivity index (χ4v) is 19.6. The Morgan fingerprint density at radius 3 is 2.31 bits per heavy atom. The molecule has 1 aliphatic heterocycles. The second kappa shape index (κ2) is 15.3. The van der Waals surface area contributed by atoms with Crippen molar-refractivity contribution in [1.29, 1.82) is 0 Å². The average molecular weight is 782 g/mol. The SMILES string of the molecule is CC1CC(C2CCCC(N)C2)OC(C)C1C1CCC2C3C(C4C=CCC=CC4)C4CC5=C6C(=CCCC6C4C(C4CCCCC4)C3[C@@H]3CCC=C1C23)[C@H]1CCC=CC51. The van der Waals surface area contributed by atoms with Crippen LogP contribution in [-0.2, 0) is 4.74 Å². The van der Waals surface area contributed by atoms with Crippen LogP contribution in [0.5, 0.6) is 0 Å². The molecular weight excluding hydrogens is 703 g/mol. The first-order valence-electron chi connectivity index (χ1n) is 26.1. The second-order valence-corrected chi connectivity index (χ2v) is 23.3. The number of rotatable bonds is 4. The molecule has 0 spiro atoms. The summed E-state index contributed by atoms with van der Waals surface area (Å²) < 4.78 is 7.22. The predicted octanol–water partition coefficient (Wildman–Crippen LogP) is 13.4. The van der Waals surface area contributed by atoms with E-state index in [1.807, 2.05) is 22.3 Å². The van der Waals surface area contributed by atoms with E-state index in [9.17, 15) is 0 Å². The Morgan fingerprint density at radius 2 is 1.43 bits per heavy atom. The standard InChI is InChI=1S/C56H79NO/c1-32-29-48(36-19-12-20-37(57)30-36)58-33(2)49(32)42-27-28-45-52-41(42)24-14-26-44(52)56-51(35-17-8-5-9-18-35)54-43-25-13-23-40-38-21-10-11-22-39(38)46(53(40)43)31-47(54)50(55(45)56)34-15-6-3-4-7-16-34/h3,6-7,11,16,22-24,32-39,42-45,47-52,54-56H,4-5,8-10,12-15,17-21,25-31,57H2,1-2H3/t32?,33?,34?,36?,37?,38-,39?,42?,43?,44+,45?,47?,48?,49?,50?,51?,52?,54?,55?,56?/m0/s1. The first-order chi connectivity index (χ1) is 28.5. The molecule has 2 N–H and O–H groups in total. The zero-order valence-electron chi connectivity index (χ0n) is 36.6. The minimum absolute atomic E-state index is 0.367. The van der Waals surface area contributed by atoms with Crippen molar-refractivity contribution < 1.29 is 4.74 Å². The van der Waals surface area contributed by atoms with Gasteiger partial charge in [0.2, 0.25) is 0 Å². The summed E-state index contributed by atoms with van der Waals surface area (Å²) in [5, 5.41) is 0. The minimum Gasteiger partial charge on any atom is -0.375 e. The lowest BCUT2D eigenvalue weighted by atomic mass is 9.44. The molecule has 0 radical (unpaired) electrons. The maximum Gasteiger partial charge on any atom is 0.0610 e.